The van der Waals surface area contributed by atoms with Gasteiger partial charge in [0.15, 0.2) is 0 Å². The zero-order chi connectivity index (χ0) is 20.4. The Balaban J connectivity index is 1.93. The first-order valence-corrected chi connectivity index (χ1v) is 8.78. The topological polar surface area (TPSA) is 63.6 Å². The van der Waals surface area contributed by atoms with Gasteiger partial charge in [-0.3, -0.25) is 0 Å². The second-order valence-electron chi connectivity index (χ2n) is 6.45. The summed E-state index contributed by atoms with van der Waals surface area (Å²) < 4.78 is 86.6. The van der Waals surface area contributed by atoms with Gasteiger partial charge in [0.2, 0.25) is 11.9 Å². The normalized spacial score (nSPS) is 19.2. The number of piperidine rings is 1. The highest BCUT2D eigenvalue weighted by molar-refractivity contribution is 5.41. The Labute approximate surface area is 156 Å². The largest absolute Gasteiger partial charge is 0.440 e. The third-order valence-corrected chi connectivity index (χ3v) is 4.34. The van der Waals surface area contributed by atoms with Crippen molar-refractivity contribution >= 4 is 11.9 Å². The first-order chi connectivity index (χ1) is 13.1. The van der Waals surface area contributed by atoms with E-state index in [-0.39, 0.29) is 11.9 Å². The Hall–Kier alpha value is -2.05. The predicted octanol–water partition coefficient (Wildman–Crippen LogP) is 2.57. The van der Waals surface area contributed by atoms with Gasteiger partial charge in [-0.15, -0.1) is 0 Å². The zero-order valence-corrected chi connectivity index (χ0v) is 14.8. The molecule has 0 bridgehead atoms. The van der Waals surface area contributed by atoms with Crippen molar-refractivity contribution < 1.29 is 35.8 Å². The monoisotopic (exact) mass is 415 g/mol. The van der Waals surface area contributed by atoms with Crippen molar-refractivity contribution in [1.29, 1.82) is 0 Å². The summed E-state index contributed by atoms with van der Waals surface area (Å²) in [5.74, 6) is -0.0220. The number of halogens is 6. The van der Waals surface area contributed by atoms with E-state index in [2.05, 4.69) is 19.7 Å². The SMILES string of the molecule is FC(F)(F)C(Oc1nc(N2CCCCC2)nc(N2CCOCC2)n1)C(F)(F)F. The highest BCUT2D eigenvalue weighted by Crippen LogP contribution is 2.36. The molecule has 3 rings (SSSR count). The molecule has 158 valence electrons. The molecule has 3 heterocycles. The molecular weight excluding hydrogens is 396 g/mol. The Morgan fingerprint density at radius 2 is 1.25 bits per heavy atom. The van der Waals surface area contributed by atoms with Crippen LogP contribution in [0.1, 0.15) is 19.3 Å². The number of morpholine rings is 1. The van der Waals surface area contributed by atoms with Gasteiger partial charge in [-0.25, -0.2) is 0 Å². The van der Waals surface area contributed by atoms with E-state index in [1.807, 2.05) is 0 Å². The molecule has 7 nitrogen and oxygen atoms in total. The summed E-state index contributed by atoms with van der Waals surface area (Å²) in [7, 11) is 0. The molecule has 2 saturated heterocycles. The van der Waals surface area contributed by atoms with Gasteiger partial charge >= 0.3 is 18.4 Å². The summed E-state index contributed by atoms with van der Waals surface area (Å²) in [4.78, 5) is 15.0. The Kier molecular flexibility index (Phi) is 6.01. The lowest BCUT2D eigenvalue weighted by Gasteiger charge is -2.30. The summed E-state index contributed by atoms with van der Waals surface area (Å²) in [5, 5.41) is 0. The number of hydrogen-bond acceptors (Lipinski definition) is 7. The van der Waals surface area contributed by atoms with Crippen LogP contribution in [0.15, 0.2) is 0 Å². The fourth-order valence-electron chi connectivity index (χ4n) is 2.95. The van der Waals surface area contributed by atoms with E-state index in [0.717, 1.165) is 19.3 Å². The smallest absolute Gasteiger partial charge is 0.434 e. The number of aromatic nitrogens is 3. The Morgan fingerprint density at radius 3 is 1.75 bits per heavy atom. The molecular formula is C15H19F6N5O2. The average molecular weight is 415 g/mol. The van der Waals surface area contributed by atoms with Crippen molar-refractivity contribution in [2.75, 3.05) is 49.2 Å². The maximum Gasteiger partial charge on any atom is 0.434 e. The number of hydrogen-bond donors (Lipinski definition) is 0. The van der Waals surface area contributed by atoms with E-state index in [0.29, 0.717) is 39.4 Å². The van der Waals surface area contributed by atoms with Crippen LogP contribution in [0.2, 0.25) is 0 Å². The van der Waals surface area contributed by atoms with Gasteiger partial charge in [-0.05, 0) is 19.3 Å². The number of alkyl halides is 6. The molecule has 28 heavy (non-hydrogen) atoms. The molecule has 0 saturated carbocycles. The van der Waals surface area contributed by atoms with Gasteiger partial charge in [-0.1, -0.05) is 0 Å². The van der Waals surface area contributed by atoms with E-state index < -0.39 is 24.5 Å². The summed E-state index contributed by atoms with van der Waals surface area (Å²) >= 11 is 0. The lowest BCUT2D eigenvalue weighted by molar-refractivity contribution is -0.301. The quantitative estimate of drug-likeness (QED) is 0.701. The molecule has 0 radical (unpaired) electrons. The maximum absolute atomic E-state index is 12.9. The molecule has 0 atom stereocenters. The summed E-state index contributed by atoms with van der Waals surface area (Å²) in [6, 6.07) is -1.00. The fraction of sp³-hybridized carbons (Fsp3) is 0.800. The van der Waals surface area contributed by atoms with Crippen LogP contribution >= 0.6 is 0 Å². The van der Waals surface area contributed by atoms with Crippen molar-refractivity contribution in [2.24, 2.45) is 0 Å². The van der Waals surface area contributed by atoms with Crippen molar-refractivity contribution in [3.63, 3.8) is 0 Å². The van der Waals surface area contributed by atoms with Crippen molar-refractivity contribution in [3.8, 4) is 6.01 Å². The lowest BCUT2D eigenvalue weighted by atomic mass is 10.1. The van der Waals surface area contributed by atoms with Crippen molar-refractivity contribution in [2.45, 2.75) is 37.7 Å². The highest BCUT2D eigenvalue weighted by atomic mass is 19.4. The standard InChI is InChI=1S/C15H19F6N5O2/c16-14(17,18)10(15(19,20)21)28-13-23-11(25-4-2-1-3-5-25)22-12(24-13)26-6-8-27-9-7-26/h10H,1-9H2. The number of nitrogens with zero attached hydrogens (tertiary/aromatic N) is 5. The summed E-state index contributed by atoms with van der Waals surface area (Å²) in [5.41, 5.74) is 0. The lowest BCUT2D eigenvalue weighted by Crippen LogP contribution is -2.47. The van der Waals surface area contributed by atoms with Crippen molar-refractivity contribution in [3.05, 3.63) is 0 Å². The number of anilines is 2. The van der Waals surface area contributed by atoms with Crippen LogP contribution in [0.3, 0.4) is 0 Å². The predicted molar refractivity (Wildman–Crippen MR) is 85.4 cm³/mol. The molecule has 0 aromatic carbocycles. The number of rotatable bonds is 4. The molecule has 0 N–H and O–H groups in total. The molecule has 13 heteroatoms. The van der Waals surface area contributed by atoms with Crippen LogP contribution < -0.4 is 14.5 Å². The van der Waals surface area contributed by atoms with Crippen LogP contribution in [0.25, 0.3) is 0 Å². The van der Waals surface area contributed by atoms with E-state index in [1.54, 1.807) is 9.80 Å². The Morgan fingerprint density at radius 1 is 0.750 bits per heavy atom. The number of ether oxygens (including phenoxy) is 2. The van der Waals surface area contributed by atoms with E-state index >= 15 is 0 Å². The molecule has 1 aromatic rings. The van der Waals surface area contributed by atoms with Crippen LogP contribution in [-0.4, -0.2) is 72.8 Å². The molecule has 0 unspecified atom stereocenters. The minimum atomic E-state index is -5.66. The van der Waals surface area contributed by atoms with E-state index in [9.17, 15) is 26.3 Å². The van der Waals surface area contributed by atoms with Gasteiger partial charge in [0.05, 0.1) is 13.2 Å². The summed E-state index contributed by atoms with van der Waals surface area (Å²) in [6.45, 7) is 2.49. The second-order valence-corrected chi connectivity index (χ2v) is 6.45. The third-order valence-electron chi connectivity index (χ3n) is 4.34. The van der Waals surface area contributed by atoms with Gasteiger partial charge in [0, 0.05) is 26.2 Å². The molecule has 0 aliphatic carbocycles. The molecule has 2 fully saturated rings. The first-order valence-electron chi connectivity index (χ1n) is 8.78. The molecule has 0 spiro atoms. The zero-order valence-electron chi connectivity index (χ0n) is 14.8. The molecule has 2 aliphatic rings. The Bertz CT molecular complexity index is 609. The first kappa shape index (κ1) is 20.7. The minimum Gasteiger partial charge on any atom is -0.440 e. The highest BCUT2D eigenvalue weighted by Gasteiger charge is 2.59. The van der Waals surface area contributed by atoms with Gasteiger partial charge in [-0.2, -0.15) is 41.3 Å². The second kappa shape index (κ2) is 8.13. The fourth-order valence-corrected chi connectivity index (χ4v) is 2.95. The van der Waals surface area contributed by atoms with Gasteiger partial charge in [0.1, 0.15) is 0 Å². The van der Waals surface area contributed by atoms with Crippen molar-refractivity contribution in [1.82, 2.24) is 15.0 Å². The van der Waals surface area contributed by atoms with Gasteiger partial charge < -0.3 is 19.3 Å². The van der Waals surface area contributed by atoms with E-state index in [4.69, 9.17) is 4.74 Å². The van der Waals surface area contributed by atoms with E-state index in [1.165, 1.54) is 0 Å². The van der Waals surface area contributed by atoms with Gasteiger partial charge in [0.25, 0.3) is 6.10 Å². The van der Waals surface area contributed by atoms with Crippen LogP contribution in [0.4, 0.5) is 38.2 Å². The minimum absolute atomic E-state index is 0.00860. The molecule has 2 aliphatic heterocycles. The molecule has 0 amide bonds. The average Bonchev–Trinajstić information content (AvgIpc) is 2.65. The van der Waals surface area contributed by atoms with Crippen LogP contribution in [0, 0.1) is 0 Å². The summed E-state index contributed by atoms with van der Waals surface area (Å²) in [6.07, 6.45) is -12.7. The third kappa shape index (κ3) is 5.06. The van der Waals surface area contributed by atoms with Crippen LogP contribution in [0.5, 0.6) is 6.01 Å². The van der Waals surface area contributed by atoms with Crippen LogP contribution in [-0.2, 0) is 4.74 Å². The maximum atomic E-state index is 12.9. The molecule has 1 aromatic heterocycles.